The summed E-state index contributed by atoms with van der Waals surface area (Å²) in [7, 11) is 0. The lowest BCUT2D eigenvalue weighted by Gasteiger charge is -2.14. The predicted molar refractivity (Wildman–Crippen MR) is 65.8 cm³/mol. The molecule has 1 aromatic heterocycles. The van der Waals surface area contributed by atoms with Gasteiger partial charge in [0.05, 0.1) is 12.6 Å². The number of aromatic nitrogens is 4. The largest absolute Gasteiger partial charge is 0.330 e. The Hall–Kier alpha value is -0.720. The van der Waals surface area contributed by atoms with E-state index in [1.165, 1.54) is 19.3 Å². The van der Waals surface area contributed by atoms with Crippen LogP contribution in [0.1, 0.15) is 31.1 Å². The van der Waals surface area contributed by atoms with E-state index >= 15 is 0 Å². The molecule has 0 spiro atoms. The molecule has 2 N–H and O–H groups in total. The van der Waals surface area contributed by atoms with Gasteiger partial charge in [0.1, 0.15) is 0 Å². The van der Waals surface area contributed by atoms with Crippen LogP contribution in [0.4, 0.5) is 0 Å². The molecule has 1 aliphatic carbocycles. The summed E-state index contributed by atoms with van der Waals surface area (Å²) in [5.74, 6) is 1.67. The molecule has 2 fully saturated rings. The Morgan fingerprint density at radius 3 is 2.76 bits per heavy atom. The fraction of sp³-hybridized carbons (Fsp3) is 0.900. The summed E-state index contributed by atoms with van der Waals surface area (Å²) in [5.41, 5.74) is 5.69. The maximum Gasteiger partial charge on any atom is 0.165 e. The summed E-state index contributed by atoms with van der Waals surface area (Å²) in [6.07, 6.45) is 3.66. The molecule has 1 aromatic rings. The molecule has 6 nitrogen and oxygen atoms in total. The van der Waals surface area contributed by atoms with E-state index in [2.05, 4.69) is 20.4 Å². The molecule has 1 aliphatic heterocycles. The Bertz CT molecular complexity index is 363. The van der Waals surface area contributed by atoms with Gasteiger partial charge >= 0.3 is 0 Å². The van der Waals surface area contributed by atoms with Crippen molar-refractivity contribution in [2.24, 2.45) is 11.7 Å². The Morgan fingerprint density at radius 1 is 1.29 bits per heavy atom. The molecule has 17 heavy (non-hydrogen) atoms. The normalized spacial score (nSPS) is 24.9. The molecule has 96 valence electrons. The molecule has 2 aliphatic rings. The van der Waals surface area contributed by atoms with E-state index in [0.717, 1.165) is 32.0 Å². The van der Waals surface area contributed by atoms with Crippen molar-refractivity contribution >= 4 is 12.4 Å². The monoisotopic (exact) mass is 258 g/mol. The van der Waals surface area contributed by atoms with E-state index in [1.807, 2.05) is 4.68 Å². The maximum absolute atomic E-state index is 5.69. The van der Waals surface area contributed by atoms with Crippen LogP contribution >= 0.6 is 12.4 Å². The van der Waals surface area contributed by atoms with Crippen molar-refractivity contribution in [1.82, 2.24) is 25.1 Å². The first-order chi connectivity index (χ1) is 7.86. The van der Waals surface area contributed by atoms with Gasteiger partial charge in [0, 0.05) is 6.54 Å². The zero-order chi connectivity index (χ0) is 11.0. The summed E-state index contributed by atoms with van der Waals surface area (Å²) in [5, 5.41) is 12.0. The summed E-state index contributed by atoms with van der Waals surface area (Å²) in [4.78, 5) is 2.40. The highest BCUT2D eigenvalue weighted by Crippen LogP contribution is 2.34. The minimum absolute atomic E-state index is 0. The summed E-state index contributed by atoms with van der Waals surface area (Å²) < 4.78 is 2.00. The van der Waals surface area contributed by atoms with Gasteiger partial charge in [-0.2, -0.15) is 0 Å². The second-order valence-corrected chi connectivity index (χ2v) is 4.90. The van der Waals surface area contributed by atoms with Crippen LogP contribution in [0.15, 0.2) is 0 Å². The minimum atomic E-state index is 0. The minimum Gasteiger partial charge on any atom is -0.330 e. The maximum atomic E-state index is 5.69. The van der Waals surface area contributed by atoms with Crippen LogP contribution in [0.2, 0.25) is 0 Å². The molecule has 2 heterocycles. The Labute approximate surface area is 107 Å². The van der Waals surface area contributed by atoms with Crippen LogP contribution in [0.3, 0.4) is 0 Å². The van der Waals surface area contributed by atoms with Crippen LogP contribution in [0, 0.1) is 5.92 Å². The lowest BCUT2D eigenvalue weighted by molar-refractivity contribution is 0.301. The van der Waals surface area contributed by atoms with Crippen molar-refractivity contribution in [3.05, 3.63) is 5.82 Å². The number of halogens is 1. The molecule has 1 unspecified atom stereocenters. The fourth-order valence-electron chi connectivity index (χ4n) is 2.37. The summed E-state index contributed by atoms with van der Waals surface area (Å²) in [6, 6.07) is 0.568. The van der Waals surface area contributed by atoms with Gasteiger partial charge in [0.25, 0.3) is 0 Å². The lowest BCUT2D eigenvalue weighted by Crippen LogP contribution is -2.24. The molecule has 0 amide bonds. The second kappa shape index (κ2) is 5.29. The van der Waals surface area contributed by atoms with Gasteiger partial charge < -0.3 is 5.73 Å². The molecule has 7 heteroatoms. The van der Waals surface area contributed by atoms with Gasteiger partial charge in [0.15, 0.2) is 5.82 Å². The predicted octanol–water partition coefficient (Wildman–Crippen LogP) is 0.210. The van der Waals surface area contributed by atoms with Crippen molar-refractivity contribution in [3.63, 3.8) is 0 Å². The Kier molecular flexibility index (Phi) is 3.96. The first-order valence-corrected chi connectivity index (χ1v) is 6.06. The quantitative estimate of drug-likeness (QED) is 0.836. The second-order valence-electron chi connectivity index (χ2n) is 4.90. The standard InChI is InChI=1S/C10H18N6.ClH/c11-5-8-3-4-15(6-8)7-10-12-13-14-16(10)9-1-2-9;/h8-9H,1-7,11H2;1H. The molecule has 1 atom stereocenters. The van der Waals surface area contributed by atoms with Gasteiger partial charge in [0.2, 0.25) is 0 Å². The molecule has 1 saturated heterocycles. The number of hydrogen-bond donors (Lipinski definition) is 1. The van der Waals surface area contributed by atoms with Crippen molar-refractivity contribution in [3.8, 4) is 0 Å². The highest BCUT2D eigenvalue weighted by molar-refractivity contribution is 5.85. The van der Waals surface area contributed by atoms with Gasteiger partial charge in [-0.3, -0.25) is 4.90 Å². The third-order valence-corrected chi connectivity index (χ3v) is 3.52. The number of hydrogen-bond acceptors (Lipinski definition) is 5. The first kappa shape index (κ1) is 12.7. The topological polar surface area (TPSA) is 72.9 Å². The van der Waals surface area contributed by atoms with Crippen molar-refractivity contribution in [2.45, 2.75) is 31.8 Å². The lowest BCUT2D eigenvalue weighted by atomic mass is 10.1. The number of likely N-dealkylation sites (tertiary alicyclic amines) is 1. The van der Waals surface area contributed by atoms with Gasteiger partial charge in [-0.25, -0.2) is 4.68 Å². The Morgan fingerprint density at radius 2 is 2.12 bits per heavy atom. The van der Waals surface area contributed by atoms with Crippen LogP contribution in [0.5, 0.6) is 0 Å². The van der Waals surface area contributed by atoms with Gasteiger partial charge in [-0.05, 0) is 48.7 Å². The zero-order valence-electron chi connectivity index (χ0n) is 9.83. The molecule has 0 aromatic carbocycles. The van der Waals surface area contributed by atoms with Crippen molar-refractivity contribution < 1.29 is 0 Å². The van der Waals surface area contributed by atoms with Gasteiger partial charge in [-0.15, -0.1) is 17.5 Å². The highest BCUT2D eigenvalue weighted by atomic mass is 35.5. The van der Waals surface area contributed by atoms with E-state index in [0.29, 0.717) is 12.0 Å². The molecule has 3 rings (SSSR count). The molecule has 1 saturated carbocycles. The van der Waals surface area contributed by atoms with E-state index in [9.17, 15) is 0 Å². The molecule has 0 radical (unpaired) electrons. The average molecular weight is 259 g/mol. The van der Waals surface area contributed by atoms with Gasteiger partial charge in [-0.1, -0.05) is 0 Å². The fourth-order valence-corrected chi connectivity index (χ4v) is 2.37. The zero-order valence-corrected chi connectivity index (χ0v) is 10.6. The molecular formula is C10H19ClN6. The SMILES string of the molecule is Cl.NCC1CCN(Cc2nnnn2C2CC2)C1. The average Bonchev–Trinajstić information content (AvgIpc) is 2.88. The van der Waals surface area contributed by atoms with E-state index in [4.69, 9.17) is 5.73 Å². The first-order valence-electron chi connectivity index (χ1n) is 6.06. The van der Waals surface area contributed by atoms with Crippen LogP contribution in [-0.4, -0.2) is 44.7 Å². The van der Waals surface area contributed by atoms with Crippen LogP contribution in [0.25, 0.3) is 0 Å². The third-order valence-electron chi connectivity index (χ3n) is 3.52. The third kappa shape index (κ3) is 2.75. The van der Waals surface area contributed by atoms with Crippen molar-refractivity contribution in [2.75, 3.05) is 19.6 Å². The number of nitrogens with two attached hydrogens (primary N) is 1. The highest BCUT2D eigenvalue weighted by Gasteiger charge is 2.29. The van der Waals surface area contributed by atoms with E-state index < -0.39 is 0 Å². The number of nitrogens with zero attached hydrogens (tertiary/aromatic N) is 5. The van der Waals surface area contributed by atoms with Crippen LogP contribution in [-0.2, 0) is 6.54 Å². The van der Waals surface area contributed by atoms with Crippen molar-refractivity contribution in [1.29, 1.82) is 0 Å². The Balaban J connectivity index is 0.00000108. The van der Waals surface area contributed by atoms with E-state index in [-0.39, 0.29) is 12.4 Å². The summed E-state index contributed by atoms with van der Waals surface area (Å²) >= 11 is 0. The molecule has 0 bridgehead atoms. The number of rotatable bonds is 4. The number of tetrazole rings is 1. The smallest absolute Gasteiger partial charge is 0.165 e. The molecular weight excluding hydrogens is 240 g/mol. The summed E-state index contributed by atoms with van der Waals surface area (Å²) in [6.45, 7) is 3.89. The van der Waals surface area contributed by atoms with E-state index in [1.54, 1.807) is 0 Å². The van der Waals surface area contributed by atoms with Crippen LogP contribution < -0.4 is 5.73 Å².